The van der Waals surface area contributed by atoms with Crippen molar-refractivity contribution in [2.45, 2.75) is 25.7 Å². The lowest BCUT2D eigenvalue weighted by atomic mass is 9.89. The van der Waals surface area contributed by atoms with Crippen LogP contribution in [0.3, 0.4) is 0 Å². The SMILES string of the molecule is CCC(Cc1cc(O)ccc1OP(=O)(O)O)c1ccc(O)cc1. The third-order valence-electron chi connectivity index (χ3n) is 3.58. The minimum absolute atomic E-state index is 0.00128. The summed E-state index contributed by atoms with van der Waals surface area (Å²) in [5.74, 6) is 0.273. The standard InChI is InChI=1S/C16H19O6P/c1-2-11(12-3-5-14(17)6-4-12)9-13-10-15(18)7-8-16(13)22-23(19,20)21/h3-8,10-11,17-18H,2,9H2,1H3,(H2,19,20,21). The van der Waals surface area contributed by atoms with E-state index in [4.69, 9.17) is 14.3 Å². The second-order valence-corrected chi connectivity index (χ2v) is 6.44. The fraction of sp³-hybridized carbons (Fsp3) is 0.250. The highest BCUT2D eigenvalue weighted by molar-refractivity contribution is 7.46. The molecule has 0 bridgehead atoms. The number of phosphoric acid groups is 1. The first-order chi connectivity index (χ1) is 10.8. The monoisotopic (exact) mass is 338 g/mol. The van der Waals surface area contributed by atoms with Crippen molar-refractivity contribution in [1.29, 1.82) is 0 Å². The van der Waals surface area contributed by atoms with E-state index in [9.17, 15) is 14.8 Å². The van der Waals surface area contributed by atoms with Crippen LogP contribution in [0.25, 0.3) is 0 Å². The van der Waals surface area contributed by atoms with Crippen LogP contribution in [0.15, 0.2) is 42.5 Å². The van der Waals surface area contributed by atoms with Crippen LogP contribution < -0.4 is 4.52 Å². The molecule has 0 aromatic heterocycles. The molecule has 0 saturated heterocycles. The van der Waals surface area contributed by atoms with E-state index >= 15 is 0 Å². The molecule has 124 valence electrons. The van der Waals surface area contributed by atoms with E-state index in [-0.39, 0.29) is 23.2 Å². The topological polar surface area (TPSA) is 107 Å². The maximum atomic E-state index is 11.1. The zero-order valence-electron chi connectivity index (χ0n) is 12.6. The minimum Gasteiger partial charge on any atom is -0.508 e. The van der Waals surface area contributed by atoms with Gasteiger partial charge in [0.1, 0.15) is 17.2 Å². The van der Waals surface area contributed by atoms with Gasteiger partial charge in [0.25, 0.3) is 0 Å². The molecule has 7 heteroatoms. The van der Waals surface area contributed by atoms with Crippen LogP contribution in [0.4, 0.5) is 0 Å². The molecule has 2 aromatic rings. The lowest BCUT2D eigenvalue weighted by Crippen LogP contribution is -2.04. The van der Waals surface area contributed by atoms with Crippen molar-refractivity contribution in [3.63, 3.8) is 0 Å². The normalized spacial score (nSPS) is 12.8. The second kappa shape index (κ2) is 7.04. The number of phosphoric ester groups is 1. The van der Waals surface area contributed by atoms with Gasteiger partial charge in [-0.1, -0.05) is 19.1 Å². The summed E-state index contributed by atoms with van der Waals surface area (Å²) < 4.78 is 15.8. The highest BCUT2D eigenvalue weighted by Crippen LogP contribution is 2.41. The van der Waals surface area contributed by atoms with E-state index in [1.165, 1.54) is 18.2 Å². The van der Waals surface area contributed by atoms with E-state index in [0.29, 0.717) is 12.0 Å². The molecule has 0 aliphatic carbocycles. The number of phenolic OH excluding ortho intramolecular Hbond substituents is 2. The predicted molar refractivity (Wildman–Crippen MR) is 85.6 cm³/mol. The molecule has 0 amide bonds. The lowest BCUT2D eigenvalue weighted by Gasteiger charge is -2.18. The molecule has 1 atom stereocenters. The Morgan fingerprint density at radius 2 is 1.65 bits per heavy atom. The Morgan fingerprint density at radius 3 is 2.22 bits per heavy atom. The average molecular weight is 338 g/mol. The van der Waals surface area contributed by atoms with Crippen molar-refractivity contribution < 1.29 is 29.1 Å². The fourth-order valence-corrected chi connectivity index (χ4v) is 2.89. The summed E-state index contributed by atoms with van der Waals surface area (Å²) in [7, 11) is -4.67. The first kappa shape index (κ1) is 17.3. The molecule has 2 aromatic carbocycles. The van der Waals surface area contributed by atoms with Crippen LogP contribution in [0.1, 0.15) is 30.4 Å². The van der Waals surface area contributed by atoms with Crippen LogP contribution in [0.5, 0.6) is 17.2 Å². The van der Waals surface area contributed by atoms with Gasteiger partial charge in [-0.15, -0.1) is 0 Å². The van der Waals surface area contributed by atoms with E-state index < -0.39 is 7.82 Å². The third-order valence-corrected chi connectivity index (χ3v) is 4.02. The predicted octanol–water partition coefficient (Wildman–Crippen LogP) is 3.31. The molecule has 4 N–H and O–H groups in total. The van der Waals surface area contributed by atoms with Gasteiger partial charge in [-0.25, -0.2) is 4.57 Å². The zero-order valence-corrected chi connectivity index (χ0v) is 13.5. The van der Waals surface area contributed by atoms with Gasteiger partial charge in [0.15, 0.2) is 0 Å². The minimum atomic E-state index is -4.67. The van der Waals surface area contributed by atoms with Crippen molar-refractivity contribution in [3.8, 4) is 17.2 Å². The summed E-state index contributed by atoms with van der Waals surface area (Å²) in [5, 5.41) is 19.0. The summed E-state index contributed by atoms with van der Waals surface area (Å²) in [4.78, 5) is 18.0. The number of rotatable bonds is 6. The summed E-state index contributed by atoms with van der Waals surface area (Å²) in [6.07, 6.45) is 1.21. The van der Waals surface area contributed by atoms with Crippen LogP contribution in [-0.2, 0) is 11.0 Å². The van der Waals surface area contributed by atoms with Gasteiger partial charge in [0.05, 0.1) is 0 Å². The second-order valence-electron chi connectivity index (χ2n) is 5.27. The molecule has 0 heterocycles. The van der Waals surface area contributed by atoms with E-state index in [0.717, 1.165) is 12.0 Å². The molecule has 0 saturated carbocycles. The summed E-state index contributed by atoms with van der Waals surface area (Å²) in [6.45, 7) is 1.99. The number of hydrogen-bond donors (Lipinski definition) is 4. The van der Waals surface area contributed by atoms with Crippen molar-refractivity contribution >= 4 is 7.82 Å². The van der Waals surface area contributed by atoms with Crippen molar-refractivity contribution in [2.24, 2.45) is 0 Å². The van der Waals surface area contributed by atoms with Crippen LogP contribution in [0.2, 0.25) is 0 Å². The molecule has 0 aliphatic heterocycles. The lowest BCUT2D eigenvalue weighted by molar-refractivity contribution is 0.281. The Labute approximate surface area is 134 Å². The molecule has 0 spiro atoms. The largest absolute Gasteiger partial charge is 0.524 e. The molecule has 0 aliphatic rings. The number of benzene rings is 2. The van der Waals surface area contributed by atoms with Crippen molar-refractivity contribution in [3.05, 3.63) is 53.6 Å². The Hall–Kier alpha value is -2.01. The first-order valence-corrected chi connectivity index (χ1v) is 8.67. The van der Waals surface area contributed by atoms with Crippen LogP contribution in [-0.4, -0.2) is 20.0 Å². The van der Waals surface area contributed by atoms with E-state index in [1.807, 2.05) is 6.92 Å². The molecular formula is C16H19O6P. The Bertz CT molecular complexity index is 707. The first-order valence-electron chi connectivity index (χ1n) is 7.14. The summed E-state index contributed by atoms with van der Waals surface area (Å²) in [6, 6.07) is 10.9. The van der Waals surface area contributed by atoms with Gasteiger partial charge in [-0.05, 0) is 60.2 Å². The number of phenols is 2. The van der Waals surface area contributed by atoms with Gasteiger partial charge in [0, 0.05) is 0 Å². The molecule has 6 nitrogen and oxygen atoms in total. The molecule has 0 fully saturated rings. The van der Waals surface area contributed by atoms with Crippen molar-refractivity contribution in [2.75, 3.05) is 0 Å². The van der Waals surface area contributed by atoms with Gasteiger partial charge in [-0.3, -0.25) is 9.79 Å². The fourth-order valence-electron chi connectivity index (χ4n) is 2.45. The molecule has 2 rings (SSSR count). The third kappa shape index (κ3) is 4.99. The Balaban J connectivity index is 2.31. The smallest absolute Gasteiger partial charge is 0.508 e. The van der Waals surface area contributed by atoms with E-state index in [1.54, 1.807) is 24.3 Å². The zero-order chi connectivity index (χ0) is 17.0. The highest BCUT2D eigenvalue weighted by Gasteiger charge is 2.20. The Kier molecular flexibility index (Phi) is 5.31. The molecule has 23 heavy (non-hydrogen) atoms. The molecular weight excluding hydrogens is 319 g/mol. The number of hydrogen-bond acceptors (Lipinski definition) is 4. The van der Waals surface area contributed by atoms with E-state index in [2.05, 4.69) is 0 Å². The summed E-state index contributed by atoms with van der Waals surface area (Å²) >= 11 is 0. The maximum absolute atomic E-state index is 11.1. The van der Waals surface area contributed by atoms with Gasteiger partial charge in [-0.2, -0.15) is 0 Å². The number of aromatic hydroxyl groups is 2. The van der Waals surface area contributed by atoms with Gasteiger partial charge in [0.2, 0.25) is 0 Å². The molecule has 0 radical (unpaired) electrons. The average Bonchev–Trinajstić information content (AvgIpc) is 2.47. The summed E-state index contributed by atoms with van der Waals surface area (Å²) in [5.41, 5.74) is 1.49. The van der Waals surface area contributed by atoms with Crippen LogP contribution >= 0.6 is 7.82 Å². The van der Waals surface area contributed by atoms with Gasteiger partial charge >= 0.3 is 7.82 Å². The maximum Gasteiger partial charge on any atom is 0.524 e. The quantitative estimate of drug-likeness (QED) is 0.602. The highest BCUT2D eigenvalue weighted by atomic mass is 31.2. The Morgan fingerprint density at radius 1 is 1.04 bits per heavy atom. The van der Waals surface area contributed by atoms with Crippen molar-refractivity contribution in [1.82, 2.24) is 0 Å². The molecule has 1 unspecified atom stereocenters. The van der Waals surface area contributed by atoms with Gasteiger partial charge < -0.3 is 14.7 Å². The van der Waals surface area contributed by atoms with Crippen LogP contribution in [0, 0.1) is 0 Å².